The minimum atomic E-state index is -0.133. The van der Waals surface area contributed by atoms with Crippen molar-refractivity contribution in [3.63, 3.8) is 0 Å². The fraction of sp³-hybridized carbons (Fsp3) is 0.0476. The molecule has 0 radical (unpaired) electrons. The van der Waals surface area contributed by atoms with Gasteiger partial charge in [0.05, 0.1) is 16.9 Å². The fourth-order valence-corrected chi connectivity index (χ4v) is 3.23. The van der Waals surface area contributed by atoms with E-state index in [1.54, 1.807) is 37.4 Å². The predicted octanol–water partition coefficient (Wildman–Crippen LogP) is 4.25. The van der Waals surface area contributed by atoms with E-state index in [2.05, 4.69) is 10.6 Å². The van der Waals surface area contributed by atoms with Gasteiger partial charge in [-0.1, -0.05) is 42.5 Å². The number of carbonyl (C=O) groups excluding carboxylic acids is 2. The Bertz CT molecular complexity index is 994. The first-order valence-electron chi connectivity index (χ1n) is 8.06. The zero-order valence-electron chi connectivity index (χ0n) is 13.7. The molecule has 122 valence electrons. The number of rotatable bonds is 3. The highest BCUT2D eigenvalue weighted by Crippen LogP contribution is 2.37. The molecule has 0 fully saturated rings. The summed E-state index contributed by atoms with van der Waals surface area (Å²) >= 11 is 0. The van der Waals surface area contributed by atoms with Crippen LogP contribution in [-0.4, -0.2) is 18.6 Å². The molecule has 25 heavy (non-hydrogen) atoms. The number of carbonyl (C=O) groups is 2. The van der Waals surface area contributed by atoms with Gasteiger partial charge in [0.25, 0.3) is 0 Å². The second-order valence-electron chi connectivity index (χ2n) is 5.86. The highest BCUT2D eigenvalue weighted by molar-refractivity contribution is 6.30. The van der Waals surface area contributed by atoms with Crippen LogP contribution in [0.15, 0.2) is 66.7 Å². The molecule has 1 aliphatic rings. The monoisotopic (exact) mass is 328 g/mol. The Kier molecular flexibility index (Phi) is 3.58. The molecule has 3 aromatic carbocycles. The molecule has 4 nitrogen and oxygen atoms in total. The molecule has 0 saturated carbocycles. The molecule has 0 aromatic heterocycles. The topological polar surface area (TPSA) is 58.2 Å². The third-order valence-electron chi connectivity index (χ3n) is 4.40. The fourth-order valence-electron chi connectivity index (χ4n) is 3.23. The third-order valence-corrected chi connectivity index (χ3v) is 4.40. The van der Waals surface area contributed by atoms with E-state index in [-0.39, 0.29) is 11.6 Å². The lowest BCUT2D eigenvalue weighted by atomic mass is 9.83. The van der Waals surface area contributed by atoms with Crippen molar-refractivity contribution in [1.82, 2.24) is 0 Å². The molecule has 0 atom stereocenters. The summed E-state index contributed by atoms with van der Waals surface area (Å²) in [5.74, 6) is -0.251. The highest BCUT2D eigenvalue weighted by atomic mass is 16.1. The number of anilines is 3. The maximum Gasteiger partial charge on any atom is 0.196 e. The molecule has 2 N–H and O–H groups in total. The molecule has 0 heterocycles. The van der Waals surface area contributed by atoms with Crippen molar-refractivity contribution in [2.45, 2.75) is 0 Å². The van der Waals surface area contributed by atoms with Crippen molar-refractivity contribution in [2.24, 2.45) is 0 Å². The van der Waals surface area contributed by atoms with Crippen molar-refractivity contribution in [3.8, 4) is 0 Å². The Labute approximate surface area is 145 Å². The van der Waals surface area contributed by atoms with E-state index in [9.17, 15) is 9.59 Å². The molecule has 4 heteroatoms. The van der Waals surface area contributed by atoms with Gasteiger partial charge in [-0.2, -0.15) is 0 Å². The number of ketones is 2. The van der Waals surface area contributed by atoms with E-state index >= 15 is 0 Å². The van der Waals surface area contributed by atoms with Crippen LogP contribution < -0.4 is 10.6 Å². The number of fused-ring (bicyclic) bond motifs is 2. The summed E-state index contributed by atoms with van der Waals surface area (Å²) in [5, 5.41) is 6.40. The second kappa shape index (κ2) is 5.91. The maximum absolute atomic E-state index is 13.0. The van der Waals surface area contributed by atoms with Gasteiger partial charge in [-0.15, -0.1) is 0 Å². The zero-order valence-corrected chi connectivity index (χ0v) is 13.7. The van der Waals surface area contributed by atoms with Gasteiger partial charge < -0.3 is 10.6 Å². The van der Waals surface area contributed by atoms with Crippen LogP contribution >= 0.6 is 0 Å². The van der Waals surface area contributed by atoms with E-state index in [0.29, 0.717) is 27.9 Å². The van der Waals surface area contributed by atoms with Crippen LogP contribution in [0.4, 0.5) is 17.1 Å². The molecule has 0 bridgehead atoms. The van der Waals surface area contributed by atoms with Crippen molar-refractivity contribution >= 4 is 28.6 Å². The van der Waals surface area contributed by atoms with Crippen molar-refractivity contribution in [2.75, 3.05) is 17.7 Å². The SMILES string of the molecule is CNc1c(Nc2ccccc2)ccc2c1C(=O)c1ccccc1C2=O. The molecule has 0 aliphatic heterocycles. The van der Waals surface area contributed by atoms with Crippen LogP contribution in [0.3, 0.4) is 0 Å². The summed E-state index contributed by atoms with van der Waals surface area (Å²) in [6.45, 7) is 0. The van der Waals surface area contributed by atoms with Crippen molar-refractivity contribution in [3.05, 3.63) is 89.0 Å². The van der Waals surface area contributed by atoms with Crippen molar-refractivity contribution < 1.29 is 9.59 Å². The number of para-hydroxylation sites is 1. The molecule has 0 saturated heterocycles. The molecule has 1 aliphatic carbocycles. The average molecular weight is 328 g/mol. The first-order valence-corrected chi connectivity index (χ1v) is 8.06. The lowest BCUT2D eigenvalue weighted by molar-refractivity contribution is 0.0979. The Morgan fingerprint density at radius 3 is 2.00 bits per heavy atom. The Balaban J connectivity index is 1.87. The molecular formula is C21H16N2O2. The standard InChI is InChI=1S/C21H16N2O2/c1-22-19-17(23-13-7-3-2-4-8-13)12-11-16-18(19)21(25)15-10-6-5-9-14(15)20(16)24/h2-12,22-23H,1H3. The minimum absolute atomic E-state index is 0.118. The van der Waals surface area contributed by atoms with E-state index in [4.69, 9.17) is 0 Å². The molecule has 3 aromatic rings. The van der Waals surface area contributed by atoms with Gasteiger partial charge in [-0.05, 0) is 24.3 Å². The minimum Gasteiger partial charge on any atom is -0.386 e. The summed E-state index contributed by atoms with van der Waals surface area (Å²) in [7, 11) is 1.75. The smallest absolute Gasteiger partial charge is 0.196 e. The first kappa shape index (κ1) is 15.1. The molecule has 4 rings (SSSR count). The van der Waals surface area contributed by atoms with E-state index in [1.165, 1.54) is 0 Å². The van der Waals surface area contributed by atoms with E-state index in [0.717, 1.165) is 11.4 Å². The summed E-state index contributed by atoms with van der Waals surface area (Å²) in [4.78, 5) is 25.8. The van der Waals surface area contributed by atoms with Gasteiger partial charge >= 0.3 is 0 Å². The molecule has 0 unspecified atom stereocenters. The van der Waals surface area contributed by atoms with Crippen LogP contribution in [0.1, 0.15) is 31.8 Å². The first-order chi connectivity index (χ1) is 12.2. The van der Waals surface area contributed by atoms with Gasteiger partial charge in [0.1, 0.15) is 0 Å². The quantitative estimate of drug-likeness (QED) is 0.590. The van der Waals surface area contributed by atoms with Crippen molar-refractivity contribution in [1.29, 1.82) is 0 Å². The Morgan fingerprint density at radius 1 is 0.680 bits per heavy atom. The highest BCUT2D eigenvalue weighted by Gasteiger charge is 2.32. The summed E-state index contributed by atoms with van der Waals surface area (Å²) < 4.78 is 0. The van der Waals surface area contributed by atoms with Crippen LogP contribution in [0.2, 0.25) is 0 Å². The van der Waals surface area contributed by atoms with Crippen LogP contribution in [-0.2, 0) is 0 Å². The summed E-state index contributed by atoms with van der Waals surface area (Å²) in [6.07, 6.45) is 0. The molecular weight excluding hydrogens is 312 g/mol. The molecule has 0 amide bonds. The van der Waals surface area contributed by atoms with Crippen LogP contribution in [0.25, 0.3) is 0 Å². The van der Waals surface area contributed by atoms with Gasteiger partial charge in [-0.3, -0.25) is 9.59 Å². The third kappa shape index (κ3) is 2.39. The predicted molar refractivity (Wildman–Crippen MR) is 99.0 cm³/mol. The largest absolute Gasteiger partial charge is 0.386 e. The Hall–Kier alpha value is -3.40. The van der Waals surface area contributed by atoms with Gasteiger partial charge in [0, 0.05) is 29.4 Å². The van der Waals surface area contributed by atoms with Gasteiger partial charge in [-0.25, -0.2) is 0 Å². The average Bonchev–Trinajstić information content (AvgIpc) is 2.66. The number of benzene rings is 3. The second-order valence-corrected chi connectivity index (χ2v) is 5.86. The Morgan fingerprint density at radius 2 is 1.32 bits per heavy atom. The number of hydrogen-bond donors (Lipinski definition) is 2. The summed E-state index contributed by atoms with van der Waals surface area (Å²) in [6, 6.07) is 20.2. The van der Waals surface area contributed by atoms with E-state index < -0.39 is 0 Å². The van der Waals surface area contributed by atoms with Gasteiger partial charge in [0.2, 0.25) is 0 Å². The number of hydrogen-bond acceptors (Lipinski definition) is 4. The normalized spacial score (nSPS) is 12.4. The van der Waals surface area contributed by atoms with Crippen LogP contribution in [0, 0.1) is 0 Å². The maximum atomic E-state index is 13.0. The lowest BCUT2D eigenvalue weighted by Gasteiger charge is -2.22. The number of nitrogens with one attached hydrogen (secondary N) is 2. The van der Waals surface area contributed by atoms with Crippen LogP contribution in [0.5, 0.6) is 0 Å². The lowest BCUT2D eigenvalue weighted by Crippen LogP contribution is -2.22. The van der Waals surface area contributed by atoms with E-state index in [1.807, 2.05) is 36.4 Å². The zero-order chi connectivity index (χ0) is 17.4. The molecule has 0 spiro atoms. The van der Waals surface area contributed by atoms with Gasteiger partial charge in [0.15, 0.2) is 11.6 Å². The summed E-state index contributed by atoms with van der Waals surface area (Å²) in [5.41, 5.74) is 4.08.